The fourth-order valence-electron chi connectivity index (χ4n) is 1.31. The molecule has 0 bridgehead atoms. The van der Waals surface area contributed by atoms with Gasteiger partial charge in [-0.25, -0.2) is 0 Å². The lowest BCUT2D eigenvalue weighted by Crippen LogP contribution is -2.47. The topological polar surface area (TPSA) is 98.7 Å². The van der Waals surface area contributed by atoms with E-state index in [2.05, 4.69) is 0 Å². The molecule has 16 heavy (non-hydrogen) atoms. The highest BCUT2D eigenvalue weighted by atomic mass is 16.5. The Bertz CT molecular complexity index is 229. The Hall–Kier alpha value is -1.14. The van der Waals surface area contributed by atoms with E-state index in [4.69, 9.17) is 16.2 Å². The van der Waals surface area contributed by atoms with Crippen molar-refractivity contribution >= 4 is 11.8 Å². The van der Waals surface area contributed by atoms with Crippen LogP contribution >= 0.6 is 0 Å². The molecule has 0 aromatic heterocycles. The van der Waals surface area contributed by atoms with Crippen molar-refractivity contribution in [1.29, 1.82) is 0 Å². The third-order valence-corrected chi connectivity index (χ3v) is 2.21. The van der Waals surface area contributed by atoms with Crippen LogP contribution in [0.15, 0.2) is 0 Å². The Balaban J connectivity index is 4.46. The maximum atomic E-state index is 11.9. The third kappa shape index (κ3) is 5.09. The number of nitrogens with two attached hydrogens (primary N) is 2. The molecular formula is C10H21N3O3. The second-order valence-corrected chi connectivity index (χ2v) is 3.54. The maximum absolute atomic E-state index is 11.9. The van der Waals surface area contributed by atoms with Gasteiger partial charge in [0, 0.05) is 20.2 Å². The SMILES string of the molecule is CCCCN(CC(N)=O)C(=O)C(CN)OC. The van der Waals surface area contributed by atoms with Crippen LogP contribution in [-0.4, -0.2) is 49.6 Å². The summed E-state index contributed by atoms with van der Waals surface area (Å²) in [6, 6.07) is 0. The largest absolute Gasteiger partial charge is 0.370 e. The maximum Gasteiger partial charge on any atom is 0.253 e. The number of nitrogens with zero attached hydrogens (tertiary/aromatic N) is 1. The van der Waals surface area contributed by atoms with Crippen LogP contribution in [0.2, 0.25) is 0 Å². The van der Waals surface area contributed by atoms with Gasteiger partial charge in [0.1, 0.15) is 6.10 Å². The number of amides is 2. The van der Waals surface area contributed by atoms with Crippen molar-refractivity contribution in [2.75, 3.05) is 26.7 Å². The van der Waals surface area contributed by atoms with E-state index >= 15 is 0 Å². The second-order valence-electron chi connectivity index (χ2n) is 3.54. The van der Waals surface area contributed by atoms with Gasteiger partial charge in [0.2, 0.25) is 5.91 Å². The van der Waals surface area contributed by atoms with Crippen LogP contribution in [0, 0.1) is 0 Å². The van der Waals surface area contributed by atoms with E-state index in [1.165, 1.54) is 12.0 Å². The van der Waals surface area contributed by atoms with Gasteiger partial charge in [0.15, 0.2) is 0 Å². The van der Waals surface area contributed by atoms with Gasteiger partial charge >= 0.3 is 0 Å². The molecule has 94 valence electrons. The van der Waals surface area contributed by atoms with Gasteiger partial charge in [0.05, 0.1) is 6.54 Å². The molecule has 0 aromatic rings. The van der Waals surface area contributed by atoms with Crippen molar-refractivity contribution in [2.24, 2.45) is 11.5 Å². The average Bonchev–Trinajstić information content (AvgIpc) is 2.25. The minimum Gasteiger partial charge on any atom is -0.370 e. The van der Waals surface area contributed by atoms with Crippen molar-refractivity contribution in [3.8, 4) is 0 Å². The Morgan fingerprint density at radius 3 is 2.44 bits per heavy atom. The van der Waals surface area contributed by atoms with Crippen LogP contribution in [0.5, 0.6) is 0 Å². The normalized spacial score (nSPS) is 12.2. The Morgan fingerprint density at radius 1 is 1.44 bits per heavy atom. The molecule has 0 aromatic carbocycles. The van der Waals surface area contributed by atoms with Gasteiger partial charge in [-0.2, -0.15) is 0 Å². The molecule has 0 heterocycles. The Morgan fingerprint density at radius 2 is 2.06 bits per heavy atom. The molecule has 0 aliphatic heterocycles. The minimum absolute atomic E-state index is 0.0846. The van der Waals surface area contributed by atoms with E-state index < -0.39 is 12.0 Å². The molecule has 0 saturated carbocycles. The molecule has 4 N–H and O–H groups in total. The summed E-state index contributed by atoms with van der Waals surface area (Å²) in [7, 11) is 1.41. The highest BCUT2D eigenvalue weighted by Crippen LogP contribution is 2.01. The average molecular weight is 231 g/mol. The molecule has 0 saturated heterocycles. The van der Waals surface area contributed by atoms with Crippen molar-refractivity contribution in [3.05, 3.63) is 0 Å². The first-order valence-electron chi connectivity index (χ1n) is 5.36. The van der Waals surface area contributed by atoms with Crippen LogP contribution in [0.3, 0.4) is 0 Å². The molecular weight excluding hydrogens is 210 g/mol. The number of unbranched alkanes of at least 4 members (excludes halogenated alkanes) is 1. The van der Waals surface area contributed by atoms with E-state index in [1.54, 1.807) is 0 Å². The number of rotatable bonds is 8. The van der Waals surface area contributed by atoms with Crippen LogP contribution < -0.4 is 11.5 Å². The van der Waals surface area contributed by atoms with Crippen LogP contribution in [0.4, 0.5) is 0 Å². The number of carbonyl (C=O) groups is 2. The zero-order valence-electron chi connectivity index (χ0n) is 9.94. The van der Waals surface area contributed by atoms with E-state index in [-0.39, 0.29) is 19.0 Å². The number of hydrogen-bond donors (Lipinski definition) is 2. The number of ether oxygens (including phenoxy) is 1. The predicted molar refractivity (Wildman–Crippen MR) is 60.5 cm³/mol. The standard InChI is InChI=1S/C10H21N3O3/c1-3-4-5-13(7-9(12)14)10(15)8(6-11)16-2/h8H,3-7,11H2,1-2H3,(H2,12,14). The van der Waals surface area contributed by atoms with Crippen molar-refractivity contribution in [2.45, 2.75) is 25.9 Å². The number of hydrogen-bond acceptors (Lipinski definition) is 4. The first-order chi connectivity index (χ1) is 7.56. The smallest absolute Gasteiger partial charge is 0.253 e. The molecule has 0 fully saturated rings. The van der Waals surface area contributed by atoms with Crippen molar-refractivity contribution in [3.63, 3.8) is 0 Å². The van der Waals surface area contributed by atoms with E-state index in [0.717, 1.165) is 12.8 Å². The summed E-state index contributed by atoms with van der Waals surface area (Å²) in [6.07, 6.45) is 1.05. The molecule has 6 nitrogen and oxygen atoms in total. The molecule has 0 radical (unpaired) electrons. The lowest BCUT2D eigenvalue weighted by Gasteiger charge is -2.24. The van der Waals surface area contributed by atoms with Gasteiger partial charge in [-0.15, -0.1) is 0 Å². The number of methoxy groups -OCH3 is 1. The summed E-state index contributed by atoms with van der Waals surface area (Å²) in [5.41, 5.74) is 10.5. The Labute approximate surface area is 95.9 Å². The van der Waals surface area contributed by atoms with Crippen molar-refractivity contribution in [1.82, 2.24) is 4.90 Å². The van der Waals surface area contributed by atoms with Gasteiger partial charge in [-0.05, 0) is 6.42 Å². The zero-order valence-corrected chi connectivity index (χ0v) is 9.94. The van der Waals surface area contributed by atoms with Gasteiger partial charge in [-0.3, -0.25) is 9.59 Å². The molecule has 6 heteroatoms. The number of primary amides is 1. The van der Waals surface area contributed by atoms with Crippen molar-refractivity contribution < 1.29 is 14.3 Å². The zero-order chi connectivity index (χ0) is 12.6. The minimum atomic E-state index is -0.698. The Kier molecular flexibility index (Phi) is 7.49. The quantitative estimate of drug-likeness (QED) is 0.564. The highest BCUT2D eigenvalue weighted by Gasteiger charge is 2.23. The summed E-state index contributed by atoms with van der Waals surface area (Å²) >= 11 is 0. The van der Waals surface area contributed by atoms with Gasteiger partial charge in [-0.1, -0.05) is 13.3 Å². The fourth-order valence-corrected chi connectivity index (χ4v) is 1.31. The van der Waals surface area contributed by atoms with Crippen LogP contribution in [0.25, 0.3) is 0 Å². The lowest BCUT2D eigenvalue weighted by molar-refractivity contribution is -0.143. The third-order valence-electron chi connectivity index (χ3n) is 2.21. The monoisotopic (exact) mass is 231 g/mol. The fraction of sp³-hybridized carbons (Fsp3) is 0.800. The molecule has 0 rings (SSSR count). The van der Waals surface area contributed by atoms with E-state index in [9.17, 15) is 9.59 Å². The lowest BCUT2D eigenvalue weighted by atomic mass is 10.2. The molecule has 0 spiro atoms. The number of carbonyl (C=O) groups excluding carboxylic acids is 2. The molecule has 0 aliphatic carbocycles. The highest BCUT2D eigenvalue weighted by molar-refractivity contribution is 5.86. The van der Waals surface area contributed by atoms with Crippen LogP contribution in [0.1, 0.15) is 19.8 Å². The first-order valence-corrected chi connectivity index (χ1v) is 5.36. The molecule has 1 atom stereocenters. The molecule has 2 amide bonds. The summed E-state index contributed by atoms with van der Waals surface area (Å²) < 4.78 is 4.94. The van der Waals surface area contributed by atoms with Crippen LogP contribution in [-0.2, 0) is 14.3 Å². The second kappa shape index (κ2) is 8.06. The summed E-state index contributed by atoms with van der Waals surface area (Å²) in [4.78, 5) is 24.1. The van der Waals surface area contributed by atoms with Gasteiger partial charge < -0.3 is 21.1 Å². The van der Waals surface area contributed by atoms with Gasteiger partial charge in [0.25, 0.3) is 5.91 Å². The predicted octanol–water partition coefficient (Wildman–Crippen LogP) is -0.926. The summed E-state index contributed by atoms with van der Waals surface area (Å²) in [6.45, 7) is 2.51. The van der Waals surface area contributed by atoms with E-state index in [0.29, 0.717) is 6.54 Å². The molecule has 0 aliphatic rings. The summed E-state index contributed by atoms with van der Waals surface area (Å²) in [5.74, 6) is -0.812. The summed E-state index contributed by atoms with van der Waals surface area (Å²) in [5, 5.41) is 0. The first kappa shape index (κ1) is 14.9. The molecule has 1 unspecified atom stereocenters. The van der Waals surface area contributed by atoms with E-state index in [1.807, 2.05) is 6.92 Å².